The van der Waals surface area contributed by atoms with Crippen molar-refractivity contribution in [3.05, 3.63) is 69.8 Å². The highest BCUT2D eigenvalue weighted by Gasteiger charge is 2.39. The molecule has 0 heterocycles. The molecule has 0 spiro atoms. The van der Waals surface area contributed by atoms with E-state index in [1.54, 1.807) is 43.3 Å². The molecule has 0 aliphatic heterocycles. The highest BCUT2D eigenvalue weighted by molar-refractivity contribution is 6.31. The molecule has 2 aromatic carbocycles. The van der Waals surface area contributed by atoms with Gasteiger partial charge in [0.15, 0.2) is 17.3 Å². The largest absolute Gasteiger partial charge is 0.389 e. The normalized spacial score (nSPS) is 22.4. The van der Waals surface area contributed by atoms with Crippen molar-refractivity contribution in [2.24, 2.45) is 0 Å². The number of hydrogen-bond acceptors (Lipinski definition) is 4. The fraction of sp³-hybridized carbons (Fsp3) is 0.211. The van der Waals surface area contributed by atoms with Crippen LogP contribution < -0.4 is 0 Å². The number of fused-ring (bicyclic) bond motifs is 4. The second-order valence-corrected chi connectivity index (χ2v) is 6.50. The first-order valence-electron chi connectivity index (χ1n) is 7.49. The van der Waals surface area contributed by atoms with Gasteiger partial charge < -0.3 is 5.11 Å². The predicted molar refractivity (Wildman–Crippen MR) is 83.0 cm³/mol. The topological polar surface area (TPSA) is 71.4 Å². The van der Waals surface area contributed by atoms with Crippen molar-refractivity contribution in [3.8, 4) is 0 Å². The monoisotopic (exact) mass is 306 g/mol. The molecule has 0 radical (unpaired) electrons. The van der Waals surface area contributed by atoms with Gasteiger partial charge in [0.2, 0.25) is 0 Å². The summed E-state index contributed by atoms with van der Waals surface area (Å²) in [5, 5.41) is 10.2. The Morgan fingerprint density at radius 2 is 1.48 bits per heavy atom. The third-order valence-electron chi connectivity index (χ3n) is 4.57. The average Bonchev–Trinajstić information content (AvgIpc) is 2.50. The molecule has 0 aromatic heterocycles. The van der Waals surface area contributed by atoms with Crippen LogP contribution >= 0.6 is 0 Å². The van der Waals surface area contributed by atoms with Gasteiger partial charge in [0.1, 0.15) is 0 Å². The Hall–Kier alpha value is -2.59. The van der Waals surface area contributed by atoms with Crippen LogP contribution in [0.3, 0.4) is 0 Å². The van der Waals surface area contributed by atoms with Gasteiger partial charge in [-0.2, -0.15) is 0 Å². The van der Waals surface area contributed by atoms with Crippen molar-refractivity contribution >= 4 is 17.3 Å². The lowest BCUT2D eigenvalue weighted by molar-refractivity contribution is 0.0409. The first-order chi connectivity index (χ1) is 10.9. The maximum Gasteiger partial charge on any atom is 0.195 e. The molecule has 0 amide bonds. The number of carbonyl (C=O) groups is 3. The summed E-state index contributed by atoms with van der Waals surface area (Å²) in [4.78, 5) is 38.0. The van der Waals surface area contributed by atoms with E-state index in [2.05, 4.69) is 0 Å². The van der Waals surface area contributed by atoms with Gasteiger partial charge in [-0.25, -0.2) is 0 Å². The molecule has 2 aliphatic carbocycles. The average molecular weight is 306 g/mol. The number of rotatable bonds is 0. The van der Waals surface area contributed by atoms with Gasteiger partial charge in [-0.3, -0.25) is 14.4 Å². The highest BCUT2D eigenvalue weighted by Crippen LogP contribution is 2.36. The summed E-state index contributed by atoms with van der Waals surface area (Å²) in [6, 6.07) is 9.94. The Morgan fingerprint density at radius 3 is 2.17 bits per heavy atom. The van der Waals surface area contributed by atoms with Gasteiger partial charge in [0.05, 0.1) is 5.60 Å². The molecule has 0 saturated carbocycles. The second kappa shape index (κ2) is 4.46. The fourth-order valence-corrected chi connectivity index (χ4v) is 3.60. The van der Waals surface area contributed by atoms with Crippen LogP contribution in [-0.2, 0) is 6.42 Å². The lowest BCUT2D eigenvalue weighted by Crippen LogP contribution is -2.37. The molecule has 2 aromatic rings. The van der Waals surface area contributed by atoms with Gasteiger partial charge in [0, 0.05) is 40.7 Å². The molecule has 23 heavy (non-hydrogen) atoms. The van der Waals surface area contributed by atoms with E-state index >= 15 is 0 Å². The first kappa shape index (κ1) is 14.0. The zero-order valence-corrected chi connectivity index (χ0v) is 12.6. The highest BCUT2D eigenvalue weighted by atomic mass is 16.3. The van der Waals surface area contributed by atoms with Gasteiger partial charge in [-0.15, -0.1) is 0 Å². The molecular formula is C19H14O4. The molecule has 114 valence electrons. The number of Topliss-reactive ketones (excluding diaryl/α,β-unsaturated/α-hetero) is 1. The summed E-state index contributed by atoms with van der Waals surface area (Å²) in [6.07, 6.45) is 0.254. The van der Waals surface area contributed by atoms with Crippen LogP contribution in [0.2, 0.25) is 0 Å². The van der Waals surface area contributed by atoms with E-state index in [-0.39, 0.29) is 34.9 Å². The van der Waals surface area contributed by atoms with Crippen molar-refractivity contribution in [2.45, 2.75) is 25.4 Å². The third kappa shape index (κ3) is 1.92. The Balaban J connectivity index is 2.01. The van der Waals surface area contributed by atoms with E-state index in [1.807, 2.05) is 0 Å². The molecule has 1 atom stereocenters. The maximum absolute atomic E-state index is 12.9. The summed E-state index contributed by atoms with van der Waals surface area (Å²) < 4.78 is 0. The Kier molecular flexibility index (Phi) is 2.72. The van der Waals surface area contributed by atoms with Gasteiger partial charge in [0.25, 0.3) is 0 Å². The van der Waals surface area contributed by atoms with Crippen LogP contribution in [0.5, 0.6) is 0 Å². The van der Waals surface area contributed by atoms with Crippen LogP contribution in [0, 0.1) is 0 Å². The van der Waals surface area contributed by atoms with Gasteiger partial charge >= 0.3 is 0 Å². The Bertz CT molecular complexity index is 906. The fourth-order valence-electron chi connectivity index (χ4n) is 3.60. The third-order valence-corrected chi connectivity index (χ3v) is 4.57. The van der Waals surface area contributed by atoms with Crippen molar-refractivity contribution in [2.75, 3.05) is 0 Å². The summed E-state index contributed by atoms with van der Waals surface area (Å²) in [7, 11) is 0. The molecule has 0 bridgehead atoms. The lowest BCUT2D eigenvalue weighted by atomic mass is 9.73. The molecule has 4 heteroatoms. The maximum atomic E-state index is 12.9. The predicted octanol–water partition coefficient (Wildman–Crippen LogP) is 2.34. The van der Waals surface area contributed by atoms with E-state index in [1.165, 1.54) is 0 Å². The van der Waals surface area contributed by atoms with Crippen LogP contribution in [0.15, 0.2) is 36.4 Å². The molecule has 4 rings (SSSR count). The number of hydrogen-bond donors (Lipinski definition) is 1. The number of ketones is 3. The summed E-state index contributed by atoms with van der Waals surface area (Å²) >= 11 is 0. The molecular weight excluding hydrogens is 292 g/mol. The van der Waals surface area contributed by atoms with Crippen molar-refractivity contribution in [3.63, 3.8) is 0 Å². The second-order valence-electron chi connectivity index (χ2n) is 6.50. The van der Waals surface area contributed by atoms with E-state index < -0.39 is 5.60 Å². The Labute approximate surface area is 132 Å². The molecule has 0 fully saturated rings. The Morgan fingerprint density at radius 1 is 0.826 bits per heavy atom. The molecule has 4 nitrogen and oxygen atoms in total. The van der Waals surface area contributed by atoms with E-state index in [4.69, 9.17) is 0 Å². The zero-order chi connectivity index (χ0) is 16.4. The molecule has 0 saturated heterocycles. The van der Waals surface area contributed by atoms with Gasteiger partial charge in [-0.05, 0) is 18.6 Å². The van der Waals surface area contributed by atoms with Crippen LogP contribution in [0.1, 0.15) is 61.1 Å². The zero-order valence-electron chi connectivity index (χ0n) is 12.6. The van der Waals surface area contributed by atoms with Crippen molar-refractivity contribution in [1.82, 2.24) is 0 Å². The number of benzene rings is 2. The SMILES string of the molecule is CC1(O)CC(=O)c2c(ccc3c2C(=O)c2ccccc2C3=O)C1. The molecule has 1 unspecified atom stereocenters. The van der Waals surface area contributed by atoms with Crippen LogP contribution in [-0.4, -0.2) is 28.1 Å². The van der Waals surface area contributed by atoms with E-state index in [9.17, 15) is 19.5 Å². The standard InChI is InChI=1S/C19H14O4/c1-19(23)8-10-6-7-13-16(15(10)14(20)9-19)18(22)12-5-3-2-4-11(12)17(13)21/h2-7,23H,8-9H2,1H3. The quantitative estimate of drug-likeness (QED) is 0.692. The minimum atomic E-state index is -1.11. The van der Waals surface area contributed by atoms with Crippen LogP contribution in [0.4, 0.5) is 0 Å². The minimum absolute atomic E-state index is 0.0421. The van der Waals surface area contributed by atoms with E-state index in [0.29, 0.717) is 28.7 Å². The summed E-state index contributed by atoms with van der Waals surface area (Å²) in [6.45, 7) is 1.61. The van der Waals surface area contributed by atoms with Crippen molar-refractivity contribution < 1.29 is 19.5 Å². The molecule has 1 N–H and O–H groups in total. The van der Waals surface area contributed by atoms with Crippen LogP contribution in [0.25, 0.3) is 0 Å². The summed E-state index contributed by atoms with van der Waals surface area (Å²) in [5.74, 6) is -0.807. The molecule has 2 aliphatic rings. The number of carbonyl (C=O) groups excluding carboxylic acids is 3. The lowest BCUT2D eigenvalue weighted by Gasteiger charge is -2.31. The minimum Gasteiger partial charge on any atom is -0.389 e. The first-order valence-corrected chi connectivity index (χ1v) is 7.49. The smallest absolute Gasteiger partial charge is 0.195 e. The summed E-state index contributed by atoms with van der Waals surface area (Å²) in [5.41, 5.74) is 1.02. The van der Waals surface area contributed by atoms with E-state index in [0.717, 1.165) is 0 Å². The van der Waals surface area contributed by atoms with Crippen molar-refractivity contribution in [1.29, 1.82) is 0 Å². The van der Waals surface area contributed by atoms with Gasteiger partial charge in [-0.1, -0.05) is 30.3 Å². The number of aliphatic hydroxyl groups is 1.